The summed E-state index contributed by atoms with van der Waals surface area (Å²) in [4.78, 5) is 16.2. The highest BCUT2D eigenvalue weighted by Gasteiger charge is 2.26. The number of rotatable bonds is 4. The summed E-state index contributed by atoms with van der Waals surface area (Å²) in [5, 5.41) is 12.7. The normalized spacial score (nSPS) is 14.7. The van der Waals surface area contributed by atoms with Gasteiger partial charge in [-0.15, -0.1) is 11.3 Å². The fourth-order valence-corrected chi connectivity index (χ4v) is 2.50. The largest absolute Gasteiger partial charge is 0.344 e. The molecule has 1 aliphatic rings. The number of H-pyrrole nitrogens is 1. The van der Waals surface area contributed by atoms with E-state index in [2.05, 4.69) is 20.5 Å². The number of nitrogens with one attached hydrogen (secondary N) is 2. The first kappa shape index (κ1) is 11.4. The van der Waals surface area contributed by atoms with E-state index in [9.17, 15) is 4.79 Å². The fourth-order valence-electron chi connectivity index (χ4n) is 1.79. The molecule has 0 radical (unpaired) electrons. The van der Waals surface area contributed by atoms with Crippen LogP contribution in [0, 0.1) is 6.92 Å². The molecule has 94 valence electrons. The monoisotopic (exact) mass is 262 g/mol. The zero-order chi connectivity index (χ0) is 12.5. The van der Waals surface area contributed by atoms with E-state index in [0.717, 1.165) is 16.4 Å². The summed E-state index contributed by atoms with van der Waals surface area (Å²) in [7, 11) is 0. The quantitative estimate of drug-likeness (QED) is 0.885. The summed E-state index contributed by atoms with van der Waals surface area (Å²) in [5.74, 6) is 0.437. The van der Waals surface area contributed by atoms with Crippen molar-refractivity contribution in [1.82, 2.24) is 20.5 Å². The summed E-state index contributed by atoms with van der Waals surface area (Å²) in [6.07, 6.45) is 2.39. The molecule has 0 atom stereocenters. The molecule has 18 heavy (non-hydrogen) atoms. The van der Waals surface area contributed by atoms with Crippen LogP contribution in [0.3, 0.4) is 0 Å². The van der Waals surface area contributed by atoms with Crippen molar-refractivity contribution in [3.8, 4) is 0 Å². The van der Waals surface area contributed by atoms with Crippen LogP contribution >= 0.6 is 11.3 Å². The molecule has 6 heteroatoms. The molecule has 1 saturated carbocycles. The Bertz CT molecular complexity index is 570. The van der Waals surface area contributed by atoms with Gasteiger partial charge in [-0.2, -0.15) is 5.10 Å². The summed E-state index contributed by atoms with van der Waals surface area (Å²) < 4.78 is 0. The first-order valence-electron chi connectivity index (χ1n) is 5.97. The third-order valence-electron chi connectivity index (χ3n) is 2.91. The molecular formula is C12H14N4OS. The van der Waals surface area contributed by atoms with Crippen LogP contribution in [-0.4, -0.2) is 21.1 Å². The van der Waals surface area contributed by atoms with Crippen molar-refractivity contribution in [2.24, 2.45) is 0 Å². The number of aromatic nitrogens is 3. The van der Waals surface area contributed by atoms with Crippen LogP contribution in [0.15, 0.2) is 11.4 Å². The molecule has 2 heterocycles. The van der Waals surface area contributed by atoms with Gasteiger partial charge in [0.1, 0.15) is 10.7 Å². The summed E-state index contributed by atoms with van der Waals surface area (Å²) >= 11 is 1.55. The molecule has 0 saturated heterocycles. The lowest BCUT2D eigenvalue weighted by Gasteiger charge is -1.99. The van der Waals surface area contributed by atoms with Gasteiger partial charge in [0, 0.05) is 22.7 Å². The minimum atomic E-state index is -0.147. The summed E-state index contributed by atoms with van der Waals surface area (Å²) in [5.41, 5.74) is 2.52. The molecule has 2 N–H and O–H groups in total. The highest BCUT2D eigenvalue weighted by Crippen LogP contribution is 2.38. The molecule has 1 aliphatic carbocycles. The van der Waals surface area contributed by atoms with Gasteiger partial charge in [-0.05, 0) is 25.8 Å². The lowest BCUT2D eigenvalue weighted by Crippen LogP contribution is -2.23. The highest BCUT2D eigenvalue weighted by molar-refractivity contribution is 7.09. The Morgan fingerprint density at radius 3 is 3.11 bits per heavy atom. The molecule has 5 nitrogen and oxygen atoms in total. The van der Waals surface area contributed by atoms with Gasteiger partial charge in [0.15, 0.2) is 0 Å². The van der Waals surface area contributed by atoms with Gasteiger partial charge in [0.2, 0.25) is 0 Å². The molecule has 0 spiro atoms. The number of carbonyl (C=O) groups is 1. The average Bonchev–Trinajstić information content (AvgIpc) is 2.94. The molecule has 0 aliphatic heterocycles. The third-order valence-corrected chi connectivity index (χ3v) is 3.88. The number of nitrogens with zero attached hydrogens (tertiary/aromatic N) is 2. The molecular weight excluding hydrogens is 248 g/mol. The second-order valence-electron chi connectivity index (χ2n) is 4.55. The SMILES string of the molecule is Cc1csc(CNC(=O)c2cc(C3CC3)[nH]n2)n1. The van der Waals surface area contributed by atoms with Gasteiger partial charge < -0.3 is 5.32 Å². The van der Waals surface area contributed by atoms with Gasteiger partial charge >= 0.3 is 0 Å². The average molecular weight is 262 g/mol. The standard InChI is InChI=1S/C12H14N4OS/c1-7-6-18-11(14-7)5-13-12(17)10-4-9(15-16-10)8-2-3-8/h4,6,8H,2-3,5H2,1H3,(H,13,17)(H,15,16). The second-order valence-corrected chi connectivity index (χ2v) is 5.49. The van der Waals surface area contributed by atoms with Crippen molar-refractivity contribution in [3.63, 3.8) is 0 Å². The van der Waals surface area contributed by atoms with E-state index in [4.69, 9.17) is 0 Å². The topological polar surface area (TPSA) is 70.7 Å². The van der Waals surface area contributed by atoms with E-state index >= 15 is 0 Å². The predicted molar refractivity (Wildman–Crippen MR) is 68.6 cm³/mol. The van der Waals surface area contributed by atoms with E-state index in [1.165, 1.54) is 12.8 Å². The third kappa shape index (κ3) is 2.43. The number of aryl methyl sites for hydroxylation is 1. The Morgan fingerprint density at radius 2 is 2.44 bits per heavy atom. The minimum absolute atomic E-state index is 0.147. The lowest BCUT2D eigenvalue weighted by molar-refractivity contribution is 0.0946. The maximum absolute atomic E-state index is 11.9. The summed E-state index contributed by atoms with van der Waals surface area (Å²) in [6.45, 7) is 2.40. The Morgan fingerprint density at radius 1 is 1.61 bits per heavy atom. The minimum Gasteiger partial charge on any atom is -0.344 e. The molecule has 1 fully saturated rings. The molecule has 1 amide bonds. The van der Waals surface area contributed by atoms with Gasteiger partial charge in [0.25, 0.3) is 5.91 Å². The van der Waals surface area contributed by atoms with Crippen molar-refractivity contribution in [2.75, 3.05) is 0 Å². The van der Waals surface area contributed by atoms with Crippen molar-refractivity contribution in [3.05, 3.63) is 33.5 Å². The Kier molecular flexibility index (Phi) is 2.87. The van der Waals surface area contributed by atoms with Gasteiger partial charge in [0.05, 0.1) is 6.54 Å². The molecule has 0 bridgehead atoms. The second kappa shape index (κ2) is 4.53. The molecule has 0 unspecified atom stereocenters. The van der Waals surface area contributed by atoms with Crippen molar-refractivity contribution in [1.29, 1.82) is 0 Å². The number of hydrogen-bond donors (Lipinski definition) is 2. The van der Waals surface area contributed by atoms with Crippen LogP contribution in [0.2, 0.25) is 0 Å². The number of amides is 1. The van der Waals surface area contributed by atoms with Crippen LogP contribution in [0.1, 0.15) is 45.6 Å². The number of carbonyl (C=O) groups excluding carboxylic acids is 1. The van der Waals surface area contributed by atoms with Crippen LogP contribution in [0.25, 0.3) is 0 Å². The van der Waals surface area contributed by atoms with E-state index in [1.807, 2.05) is 18.4 Å². The van der Waals surface area contributed by atoms with E-state index in [-0.39, 0.29) is 5.91 Å². The van der Waals surface area contributed by atoms with E-state index in [1.54, 1.807) is 11.3 Å². The zero-order valence-electron chi connectivity index (χ0n) is 10.1. The maximum Gasteiger partial charge on any atom is 0.272 e. The fraction of sp³-hybridized carbons (Fsp3) is 0.417. The molecule has 0 aromatic carbocycles. The Hall–Kier alpha value is -1.69. The maximum atomic E-state index is 11.9. The van der Waals surface area contributed by atoms with Gasteiger partial charge in [-0.1, -0.05) is 0 Å². The van der Waals surface area contributed by atoms with Crippen LogP contribution in [-0.2, 0) is 6.54 Å². The molecule has 2 aromatic rings. The van der Waals surface area contributed by atoms with E-state index in [0.29, 0.717) is 18.2 Å². The Labute approximate surface area is 109 Å². The lowest BCUT2D eigenvalue weighted by atomic mass is 10.2. The zero-order valence-corrected chi connectivity index (χ0v) is 10.9. The number of aromatic amines is 1. The summed E-state index contributed by atoms with van der Waals surface area (Å²) in [6, 6.07) is 1.85. The predicted octanol–water partition coefficient (Wildman–Crippen LogP) is 1.98. The molecule has 3 rings (SSSR count). The first-order chi connectivity index (χ1) is 8.72. The first-order valence-corrected chi connectivity index (χ1v) is 6.85. The van der Waals surface area contributed by atoms with Gasteiger partial charge in [-0.3, -0.25) is 9.89 Å². The van der Waals surface area contributed by atoms with Crippen molar-refractivity contribution >= 4 is 17.2 Å². The molecule has 2 aromatic heterocycles. The van der Waals surface area contributed by atoms with Crippen LogP contribution in [0.4, 0.5) is 0 Å². The van der Waals surface area contributed by atoms with Crippen LogP contribution in [0.5, 0.6) is 0 Å². The Balaban J connectivity index is 1.59. The highest BCUT2D eigenvalue weighted by atomic mass is 32.1. The number of thiazole rings is 1. The van der Waals surface area contributed by atoms with Crippen LogP contribution < -0.4 is 5.32 Å². The van der Waals surface area contributed by atoms with Gasteiger partial charge in [-0.25, -0.2) is 4.98 Å². The number of hydrogen-bond acceptors (Lipinski definition) is 4. The smallest absolute Gasteiger partial charge is 0.272 e. The van der Waals surface area contributed by atoms with Crippen molar-refractivity contribution in [2.45, 2.75) is 32.2 Å². The van der Waals surface area contributed by atoms with Crippen molar-refractivity contribution < 1.29 is 4.79 Å². The van der Waals surface area contributed by atoms with E-state index < -0.39 is 0 Å².